The Bertz CT molecular complexity index is 416. The summed E-state index contributed by atoms with van der Waals surface area (Å²) in [5, 5.41) is 8.73. The fraction of sp³-hybridized carbons (Fsp3) is 0.364. The Balaban J connectivity index is 2.04. The molecule has 1 fully saturated rings. The molecule has 0 aliphatic carbocycles. The van der Waals surface area contributed by atoms with E-state index in [0.29, 0.717) is 0 Å². The van der Waals surface area contributed by atoms with Crippen LogP contribution in [-0.4, -0.2) is 35.0 Å². The number of hydrogen-bond acceptors (Lipinski definition) is 4. The third kappa shape index (κ3) is 3.34. The van der Waals surface area contributed by atoms with Crippen molar-refractivity contribution in [3.8, 4) is 0 Å². The van der Waals surface area contributed by atoms with Crippen LogP contribution in [0.5, 0.6) is 0 Å². The second kappa shape index (κ2) is 5.37. The van der Waals surface area contributed by atoms with Crippen LogP contribution in [0, 0.1) is 5.82 Å². The second-order valence-corrected chi connectivity index (χ2v) is 4.89. The molecule has 0 radical (unpaired) electrons. The highest BCUT2D eigenvalue weighted by Gasteiger charge is 2.21. The number of carboxylic acids is 1. The normalized spacial score (nSPS) is 17.1. The fourth-order valence-electron chi connectivity index (χ4n) is 1.68. The predicted octanol–water partition coefficient (Wildman–Crippen LogP) is 1.99. The fourth-order valence-corrected chi connectivity index (χ4v) is 2.75. The SMILES string of the molecule is O=C(O)CN1CCCN(c2cccc(F)c2)S1. The Morgan fingerprint density at radius 1 is 1.47 bits per heavy atom. The zero-order valence-electron chi connectivity index (χ0n) is 9.17. The molecular formula is C11H13FN2O2S. The van der Waals surface area contributed by atoms with Crippen molar-refractivity contribution in [3.63, 3.8) is 0 Å². The summed E-state index contributed by atoms with van der Waals surface area (Å²) in [6.45, 7) is 1.53. The molecule has 92 valence electrons. The molecule has 0 unspecified atom stereocenters. The Morgan fingerprint density at radius 3 is 3.00 bits per heavy atom. The number of carbonyl (C=O) groups is 1. The maximum absolute atomic E-state index is 13.1. The molecule has 0 amide bonds. The molecule has 1 aromatic rings. The first-order valence-corrected chi connectivity index (χ1v) is 6.06. The van der Waals surface area contributed by atoms with Gasteiger partial charge < -0.3 is 9.41 Å². The summed E-state index contributed by atoms with van der Waals surface area (Å²) in [7, 11) is 0. The molecule has 0 bridgehead atoms. The van der Waals surface area contributed by atoms with Crippen molar-refractivity contribution < 1.29 is 14.3 Å². The van der Waals surface area contributed by atoms with Crippen LogP contribution in [-0.2, 0) is 4.79 Å². The molecule has 6 heteroatoms. The molecule has 17 heavy (non-hydrogen) atoms. The molecule has 2 rings (SSSR count). The summed E-state index contributed by atoms with van der Waals surface area (Å²) in [5.41, 5.74) is 0.769. The van der Waals surface area contributed by atoms with Crippen LogP contribution >= 0.6 is 12.1 Å². The minimum Gasteiger partial charge on any atom is -0.480 e. The lowest BCUT2D eigenvalue weighted by Crippen LogP contribution is -2.36. The van der Waals surface area contributed by atoms with E-state index >= 15 is 0 Å². The highest BCUT2D eigenvalue weighted by atomic mass is 32.2. The van der Waals surface area contributed by atoms with E-state index in [0.717, 1.165) is 25.2 Å². The van der Waals surface area contributed by atoms with Crippen LogP contribution < -0.4 is 4.31 Å². The average Bonchev–Trinajstić information content (AvgIpc) is 2.28. The Labute approximate surface area is 103 Å². The molecule has 1 aromatic carbocycles. The van der Waals surface area contributed by atoms with Crippen molar-refractivity contribution in [1.29, 1.82) is 0 Å². The second-order valence-electron chi connectivity index (χ2n) is 3.77. The number of hydrogen-bond donors (Lipinski definition) is 1. The van der Waals surface area contributed by atoms with E-state index < -0.39 is 5.97 Å². The van der Waals surface area contributed by atoms with E-state index in [1.165, 1.54) is 24.3 Å². The standard InChI is InChI=1S/C11H13FN2O2S/c12-9-3-1-4-10(7-9)14-6-2-5-13(17-14)8-11(15)16/h1,3-4,7H,2,5-6,8H2,(H,15,16). The molecule has 0 spiro atoms. The topological polar surface area (TPSA) is 43.8 Å². The van der Waals surface area contributed by atoms with Crippen molar-refractivity contribution in [2.75, 3.05) is 23.9 Å². The number of halogens is 1. The monoisotopic (exact) mass is 256 g/mol. The van der Waals surface area contributed by atoms with Gasteiger partial charge in [-0.05, 0) is 24.6 Å². The number of aliphatic carboxylic acids is 1. The Hall–Kier alpha value is -1.27. The van der Waals surface area contributed by atoms with Gasteiger partial charge in [-0.1, -0.05) is 6.07 Å². The molecule has 1 aliphatic rings. The van der Waals surface area contributed by atoms with Crippen LogP contribution in [0.15, 0.2) is 24.3 Å². The lowest BCUT2D eigenvalue weighted by molar-refractivity contribution is -0.137. The van der Waals surface area contributed by atoms with Gasteiger partial charge in [-0.3, -0.25) is 4.79 Å². The summed E-state index contributed by atoms with van der Waals surface area (Å²) >= 11 is 1.34. The Kier molecular flexibility index (Phi) is 3.86. The highest BCUT2D eigenvalue weighted by molar-refractivity contribution is 7.98. The largest absolute Gasteiger partial charge is 0.480 e. The predicted molar refractivity (Wildman–Crippen MR) is 65.2 cm³/mol. The van der Waals surface area contributed by atoms with Crippen molar-refractivity contribution in [2.45, 2.75) is 6.42 Å². The molecule has 1 heterocycles. The van der Waals surface area contributed by atoms with Gasteiger partial charge in [0.1, 0.15) is 12.4 Å². The molecular weight excluding hydrogens is 243 g/mol. The van der Waals surface area contributed by atoms with E-state index in [9.17, 15) is 9.18 Å². The van der Waals surface area contributed by atoms with E-state index in [2.05, 4.69) is 0 Å². The van der Waals surface area contributed by atoms with Gasteiger partial charge in [-0.25, -0.2) is 8.70 Å². The van der Waals surface area contributed by atoms with Gasteiger partial charge in [0.15, 0.2) is 0 Å². The molecule has 1 saturated heterocycles. The molecule has 1 N–H and O–H groups in total. The lowest BCUT2D eigenvalue weighted by atomic mass is 10.3. The minimum atomic E-state index is -0.849. The van der Waals surface area contributed by atoms with E-state index in [4.69, 9.17) is 5.11 Å². The minimum absolute atomic E-state index is 0.00349. The molecule has 0 aromatic heterocycles. The van der Waals surface area contributed by atoms with Crippen molar-refractivity contribution in [1.82, 2.24) is 4.31 Å². The Morgan fingerprint density at radius 2 is 2.29 bits per heavy atom. The number of carboxylic acid groups (broad SMARTS) is 1. The average molecular weight is 256 g/mol. The van der Waals surface area contributed by atoms with Crippen LogP contribution in [0.2, 0.25) is 0 Å². The van der Waals surface area contributed by atoms with Gasteiger partial charge in [-0.2, -0.15) is 0 Å². The summed E-state index contributed by atoms with van der Waals surface area (Å²) < 4.78 is 16.8. The number of anilines is 1. The quantitative estimate of drug-likeness (QED) is 0.838. The van der Waals surface area contributed by atoms with Crippen LogP contribution in [0.1, 0.15) is 6.42 Å². The molecule has 1 aliphatic heterocycles. The maximum Gasteiger partial charge on any atom is 0.318 e. The lowest BCUT2D eigenvalue weighted by Gasteiger charge is -2.34. The zero-order chi connectivity index (χ0) is 12.3. The van der Waals surface area contributed by atoms with Crippen LogP contribution in [0.3, 0.4) is 0 Å². The highest BCUT2D eigenvalue weighted by Crippen LogP contribution is 2.29. The first-order chi connectivity index (χ1) is 8.15. The van der Waals surface area contributed by atoms with E-state index in [1.807, 2.05) is 10.4 Å². The van der Waals surface area contributed by atoms with Gasteiger partial charge in [0, 0.05) is 25.2 Å². The van der Waals surface area contributed by atoms with E-state index in [1.54, 1.807) is 10.4 Å². The van der Waals surface area contributed by atoms with Crippen molar-refractivity contribution in [3.05, 3.63) is 30.1 Å². The van der Waals surface area contributed by atoms with Gasteiger partial charge in [0.2, 0.25) is 0 Å². The van der Waals surface area contributed by atoms with Crippen LogP contribution in [0.4, 0.5) is 10.1 Å². The van der Waals surface area contributed by atoms with Gasteiger partial charge >= 0.3 is 5.97 Å². The molecule has 0 saturated carbocycles. The smallest absolute Gasteiger partial charge is 0.318 e. The third-order valence-electron chi connectivity index (χ3n) is 2.39. The summed E-state index contributed by atoms with van der Waals surface area (Å²) in [4.78, 5) is 10.6. The van der Waals surface area contributed by atoms with Crippen molar-refractivity contribution in [2.24, 2.45) is 0 Å². The zero-order valence-corrected chi connectivity index (χ0v) is 9.99. The number of rotatable bonds is 3. The third-order valence-corrected chi connectivity index (χ3v) is 3.52. The first-order valence-electron chi connectivity index (χ1n) is 5.33. The molecule has 4 nitrogen and oxygen atoms in total. The van der Waals surface area contributed by atoms with E-state index in [-0.39, 0.29) is 12.4 Å². The summed E-state index contributed by atoms with van der Waals surface area (Å²) in [6, 6.07) is 6.33. The number of benzene rings is 1. The first kappa shape index (κ1) is 12.2. The summed E-state index contributed by atoms with van der Waals surface area (Å²) in [6.07, 6.45) is 0.872. The van der Waals surface area contributed by atoms with Crippen LogP contribution in [0.25, 0.3) is 0 Å². The van der Waals surface area contributed by atoms with Crippen molar-refractivity contribution >= 4 is 23.8 Å². The molecule has 0 atom stereocenters. The van der Waals surface area contributed by atoms with Gasteiger partial charge in [0.25, 0.3) is 0 Å². The van der Waals surface area contributed by atoms with Gasteiger partial charge in [-0.15, -0.1) is 0 Å². The maximum atomic E-state index is 13.1. The summed E-state index contributed by atoms with van der Waals surface area (Å²) in [5.74, 6) is -1.13. The number of nitrogens with zero attached hydrogens (tertiary/aromatic N) is 2. The van der Waals surface area contributed by atoms with Gasteiger partial charge in [0.05, 0.1) is 5.69 Å².